The molecule has 0 aromatic heterocycles. The van der Waals surface area contributed by atoms with Crippen LogP contribution in [0.15, 0.2) is 42.5 Å². The molecule has 8 heteroatoms. The van der Waals surface area contributed by atoms with E-state index in [9.17, 15) is 14.9 Å². The van der Waals surface area contributed by atoms with Gasteiger partial charge in [0.15, 0.2) is 6.61 Å². The molecule has 1 N–H and O–H groups in total. The molecule has 0 heterocycles. The summed E-state index contributed by atoms with van der Waals surface area (Å²) in [7, 11) is 1.34. The maximum Gasteiger partial charge on any atom is 0.311 e. The van der Waals surface area contributed by atoms with Gasteiger partial charge in [0.1, 0.15) is 11.5 Å². The summed E-state index contributed by atoms with van der Waals surface area (Å²) in [5, 5.41) is 13.7. The first-order chi connectivity index (χ1) is 14.0. The predicted octanol–water partition coefficient (Wildman–Crippen LogP) is 3.52. The molecule has 0 spiro atoms. The Labute approximate surface area is 169 Å². The number of rotatable bonds is 12. The molecule has 0 aliphatic carbocycles. The number of amides is 1. The van der Waals surface area contributed by atoms with Gasteiger partial charge in [-0.2, -0.15) is 0 Å². The third-order valence-corrected chi connectivity index (χ3v) is 4.10. The average Bonchev–Trinajstić information content (AvgIpc) is 2.74. The molecule has 0 aliphatic rings. The smallest absolute Gasteiger partial charge is 0.311 e. The lowest BCUT2D eigenvalue weighted by molar-refractivity contribution is -0.385. The van der Waals surface area contributed by atoms with Crippen LogP contribution in [0.2, 0.25) is 0 Å². The summed E-state index contributed by atoms with van der Waals surface area (Å²) in [5.41, 5.74) is 0.955. The molecule has 0 saturated heterocycles. The molecule has 2 aromatic carbocycles. The third kappa shape index (κ3) is 6.99. The minimum atomic E-state index is -0.541. The maximum absolute atomic E-state index is 12.0. The van der Waals surface area contributed by atoms with Crippen molar-refractivity contribution in [3.8, 4) is 17.2 Å². The molecule has 1 amide bonds. The quantitative estimate of drug-likeness (QED) is 0.331. The van der Waals surface area contributed by atoms with Gasteiger partial charge in [0, 0.05) is 18.7 Å². The maximum atomic E-state index is 12.0. The minimum absolute atomic E-state index is 0.0804. The van der Waals surface area contributed by atoms with Crippen LogP contribution < -0.4 is 19.5 Å². The van der Waals surface area contributed by atoms with Gasteiger partial charge >= 0.3 is 5.69 Å². The number of carbonyl (C=O) groups is 1. The lowest BCUT2D eigenvalue weighted by Gasteiger charge is -2.11. The number of nitrogens with one attached hydrogen (secondary N) is 1. The number of hydrogen-bond acceptors (Lipinski definition) is 6. The highest BCUT2D eigenvalue weighted by molar-refractivity contribution is 5.77. The molecule has 0 radical (unpaired) electrons. The van der Waals surface area contributed by atoms with Crippen molar-refractivity contribution < 1.29 is 23.9 Å². The number of nitrogens with zero attached hydrogens (tertiary/aromatic N) is 1. The molecule has 0 saturated carbocycles. The third-order valence-electron chi connectivity index (χ3n) is 4.10. The molecule has 0 atom stereocenters. The van der Waals surface area contributed by atoms with Crippen molar-refractivity contribution >= 4 is 11.6 Å². The summed E-state index contributed by atoms with van der Waals surface area (Å²) in [6.07, 6.45) is 2.51. The van der Waals surface area contributed by atoms with Crippen LogP contribution in [-0.2, 0) is 11.2 Å². The number of methoxy groups -OCH3 is 1. The zero-order valence-electron chi connectivity index (χ0n) is 16.7. The number of para-hydroxylation sites is 1. The first-order valence-electron chi connectivity index (χ1n) is 9.47. The fourth-order valence-corrected chi connectivity index (χ4v) is 2.67. The Morgan fingerprint density at radius 3 is 2.66 bits per heavy atom. The summed E-state index contributed by atoms with van der Waals surface area (Å²) in [6, 6.07) is 12.0. The lowest BCUT2D eigenvalue weighted by Crippen LogP contribution is -2.29. The van der Waals surface area contributed by atoms with Gasteiger partial charge in [0.2, 0.25) is 5.75 Å². The van der Waals surface area contributed by atoms with Crippen LogP contribution in [-0.4, -0.2) is 37.7 Å². The lowest BCUT2D eigenvalue weighted by atomic mass is 10.1. The highest BCUT2D eigenvalue weighted by atomic mass is 16.6. The second-order valence-electron chi connectivity index (χ2n) is 6.29. The van der Waals surface area contributed by atoms with Crippen LogP contribution in [0.3, 0.4) is 0 Å². The first kappa shape index (κ1) is 22.0. The van der Waals surface area contributed by atoms with Crippen LogP contribution in [0.25, 0.3) is 0 Å². The van der Waals surface area contributed by atoms with Crippen molar-refractivity contribution in [2.24, 2.45) is 0 Å². The Hall–Kier alpha value is -3.29. The molecule has 0 fully saturated rings. The fourth-order valence-electron chi connectivity index (χ4n) is 2.67. The monoisotopic (exact) mass is 402 g/mol. The Morgan fingerprint density at radius 2 is 1.93 bits per heavy atom. The average molecular weight is 402 g/mol. The molecular formula is C21H26N2O6. The van der Waals surface area contributed by atoms with E-state index in [2.05, 4.69) is 12.2 Å². The van der Waals surface area contributed by atoms with E-state index >= 15 is 0 Å². The Kier molecular flexibility index (Phi) is 8.75. The van der Waals surface area contributed by atoms with Crippen molar-refractivity contribution in [3.05, 3.63) is 58.1 Å². The van der Waals surface area contributed by atoms with E-state index in [1.807, 2.05) is 24.3 Å². The molecule has 0 aliphatic heterocycles. The summed E-state index contributed by atoms with van der Waals surface area (Å²) in [5.74, 6) is 1.02. The van der Waals surface area contributed by atoms with Crippen molar-refractivity contribution in [3.63, 3.8) is 0 Å². The summed E-state index contributed by atoms with van der Waals surface area (Å²) >= 11 is 0. The zero-order valence-corrected chi connectivity index (χ0v) is 16.7. The largest absolute Gasteiger partial charge is 0.493 e. The Bertz CT molecular complexity index is 825. The molecule has 8 nitrogen and oxygen atoms in total. The van der Waals surface area contributed by atoms with Crippen molar-refractivity contribution in [2.75, 3.05) is 26.9 Å². The molecular weight excluding hydrogens is 376 g/mol. The zero-order chi connectivity index (χ0) is 21.1. The number of nitro groups is 1. The van der Waals surface area contributed by atoms with E-state index in [-0.39, 0.29) is 24.0 Å². The second kappa shape index (κ2) is 11.5. The number of carbonyl (C=O) groups excluding carboxylic acids is 1. The fraction of sp³-hybridized carbons (Fsp3) is 0.381. The van der Waals surface area contributed by atoms with Gasteiger partial charge in [-0.3, -0.25) is 14.9 Å². The molecule has 156 valence electrons. The summed E-state index contributed by atoms with van der Waals surface area (Å²) < 4.78 is 16.1. The van der Waals surface area contributed by atoms with E-state index in [1.54, 1.807) is 0 Å². The van der Waals surface area contributed by atoms with Crippen LogP contribution in [0.5, 0.6) is 17.2 Å². The van der Waals surface area contributed by atoms with E-state index in [0.717, 1.165) is 30.6 Å². The van der Waals surface area contributed by atoms with Crippen molar-refractivity contribution in [2.45, 2.75) is 26.2 Å². The molecule has 0 bridgehead atoms. The predicted molar refractivity (Wildman–Crippen MR) is 109 cm³/mol. The van der Waals surface area contributed by atoms with E-state index < -0.39 is 4.92 Å². The van der Waals surface area contributed by atoms with Gasteiger partial charge in [-0.05, 0) is 37.0 Å². The van der Waals surface area contributed by atoms with Gasteiger partial charge < -0.3 is 19.5 Å². The SMILES string of the molecule is CCCOc1ccccc1CCCNC(=O)COc1ccc([N+](=O)[O-])c(OC)c1. The molecule has 29 heavy (non-hydrogen) atoms. The first-order valence-corrected chi connectivity index (χ1v) is 9.47. The second-order valence-corrected chi connectivity index (χ2v) is 6.29. The minimum Gasteiger partial charge on any atom is -0.493 e. The van der Waals surface area contributed by atoms with Crippen LogP contribution in [0.4, 0.5) is 5.69 Å². The Morgan fingerprint density at radius 1 is 1.14 bits per heavy atom. The van der Waals surface area contributed by atoms with Crippen molar-refractivity contribution in [1.82, 2.24) is 5.32 Å². The van der Waals surface area contributed by atoms with Crippen molar-refractivity contribution in [1.29, 1.82) is 0 Å². The van der Waals surface area contributed by atoms with Gasteiger partial charge in [-0.15, -0.1) is 0 Å². The molecule has 2 aromatic rings. The highest BCUT2D eigenvalue weighted by Gasteiger charge is 2.15. The van der Waals surface area contributed by atoms with Gasteiger partial charge in [-0.25, -0.2) is 0 Å². The number of nitro benzene ring substituents is 1. The summed E-state index contributed by atoms with van der Waals surface area (Å²) in [6.45, 7) is 3.07. The topological polar surface area (TPSA) is 99.9 Å². The van der Waals surface area contributed by atoms with Gasteiger partial charge in [0.05, 0.1) is 18.6 Å². The highest BCUT2D eigenvalue weighted by Crippen LogP contribution is 2.30. The number of hydrogen-bond donors (Lipinski definition) is 1. The van der Waals surface area contributed by atoms with Crippen LogP contribution in [0.1, 0.15) is 25.3 Å². The molecule has 2 rings (SSSR count). The van der Waals surface area contributed by atoms with E-state index in [1.165, 1.54) is 25.3 Å². The number of benzene rings is 2. The number of ether oxygens (including phenoxy) is 3. The standard InChI is InChI=1S/C21H26N2O6/c1-3-13-28-19-9-5-4-7-16(19)8-6-12-22-21(24)15-29-17-10-11-18(23(25)26)20(14-17)27-2/h4-5,7,9-11,14H,3,6,8,12-13,15H2,1-2H3,(H,22,24). The van der Waals surface area contributed by atoms with Gasteiger partial charge in [-0.1, -0.05) is 25.1 Å². The van der Waals surface area contributed by atoms with E-state index in [0.29, 0.717) is 18.9 Å². The normalized spacial score (nSPS) is 10.3. The van der Waals surface area contributed by atoms with Gasteiger partial charge in [0.25, 0.3) is 5.91 Å². The summed E-state index contributed by atoms with van der Waals surface area (Å²) in [4.78, 5) is 22.3. The number of aryl methyl sites for hydroxylation is 1. The molecule has 0 unspecified atom stereocenters. The van der Waals surface area contributed by atoms with Crippen LogP contribution in [0, 0.1) is 10.1 Å². The Balaban J connectivity index is 1.75. The van der Waals surface area contributed by atoms with E-state index in [4.69, 9.17) is 14.2 Å². The van der Waals surface area contributed by atoms with Crippen LogP contribution >= 0.6 is 0 Å².